The zero-order valence-corrected chi connectivity index (χ0v) is 28.9. The van der Waals surface area contributed by atoms with E-state index in [0.29, 0.717) is 17.1 Å². The quantitative estimate of drug-likeness (QED) is 0.156. The highest BCUT2D eigenvalue weighted by molar-refractivity contribution is 7.92. The summed E-state index contributed by atoms with van der Waals surface area (Å²) in [6.07, 6.45) is 0.189. The molecule has 0 aliphatic rings. The van der Waals surface area contributed by atoms with Crippen LogP contribution in [-0.4, -0.2) is 44.3 Å². The molecule has 0 radical (unpaired) electrons. The molecule has 0 heterocycles. The molecule has 1 unspecified atom stereocenters. The first-order valence-corrected chi connectivity index (χ1v) is 17.3. The van der Waals surface area contributed by atoms with Crippen molar-refractivity contribution in [2.24, 2.45) is 5.92 Å². The summed E-state index contributed by atoms with van der Waals surface area (Å²) in [5.74, 6) is -0.819. The predicted octanol–water partition coefficient (Wildman–Crippen LogP) is 7.56. The molecule has 1 N–H and O–H groups in total. The first-order chi connectivity index (χ1) is 21.8. The molecule has 2 amide bonds. The van der Waals surface area contributed by atoms with Crippen LogP contribution in [0.4, 0.5) is 5.69 Å². The highest BCUT2D eigenvalue weighted by Crippen LogP contribution is 2.31. The van der Waals surface area contributed by atoms with Gasteiger partial charge in [0.05, 0.1) is 10.6 Å². The van der Waals surface area contributed by atoms with E-state index in [1.807, 2.05) is 51.1 Å². The van der Waals surface area contributed by atoms with Gasteiger partial charge in [-0.25, -0.2) is 8.42 Å². The van der Waals surface area contributed by atoms with E-state index < -0.39 is 28.5 Å². The van der Waals surface area contributed by atoms with Crippen molar-refractivity contribution in [3.05, 3.63) is 129 Å². The Morgan fingerprint density at radius 1 is 0.826 bits per heavy atom. The standard InChI is InChI=1S/C35H36Cl3N3O4S/c1-24(2)21-39-35(43)33(17-26-9-5-4-6-10-26)40(22-27-11-7-8-12-32(27)38)34(42)23-41(30-19-28(36)18-29(37)20-30)46(44,45)31-15-13-25(3)14-16-31/h4-16,18-20,24,33H,17,21-23H2,1-3H3,(H,39,43). The Morgan fingerprint density at radius 2 is 1.43 bits per heavy atom. The fourth-order valence-electron chi connectivity index (χ4n) is 4.84. The molecule has 1 atom stereocenters. The molecule has 242 valence electrons. The fraction of sp³-hybridized carbons (Fsp3) is 0.257. The van der Waals surface area contributed by atoms with Crippen LogP contribution in [0.2, 0.25) is 15.1 Å². The number of carbonyl (C=O) groups is 2. The Kier molecular flexibility index (Phi) is 12.1. The van der Waals surface area contributed by atoms with Crippen LogP contribution in [-0.2, 0) is 32.6 Å². The van der Waals surface area contributed by atoms with E-state index in [1.165, 1.54) is 35.2 Å². The molecular weight excluding hydrogens is 665 g/mol. The van der Waals surface area contributed by atoms with E-state index in [2.05, 4.69) is 5.32 Å². The van der Waals surface area contributed by atoms with Crippen molar-refractivity contribution < 1.29 is 18.0 Å². The second-order valence-corrected chi connectivity index (χ2v) is 14.6. The van der Waals surface area contributed by atoms with Crippen LogP contribution < -0.4 is 9.62 Å². The van der Waals surface area contributed by atoms with Gasteiger partial charge in [0.15, 0.2) is 0 Å². The van der Waals surface area contributed by atoms with Crippen molar-refractivity contribution in [3.63, 3.8) is 0 Å². The van der Waals surface area contributed by atoms with Crippen molar-refractivity contribution in [2.45, 2.75) is 44.7 Å². The third kappa shape index (κ3) is 9.26. The Hall–Kier alpha value is -3.56. The van der Waals surface area contributed by atoms with Crippen LogP contribution in [0.3, 0.4) is 0 Å². The highest BCUT2D eigenvalue weighted by Gasteiger charge is 2.35. The molecule has 4 rings (SSSR count). The summed E-state index contributed by atoms with van der Waals surface area (Å²) in [5, 5.41) is 3.77. The maximum atomic E-state index is 14.5. The van der Waals surface area contributed by atoms with Crippen molar-refractivity contribution in [3.8, 4) is 0 Å². The molecule has 0 aliphatic heterocycles. The molecule has 4 aromatic rings. The zero-order valence-electron chi connectivity index (χ0n) is 25.8. The molecule has 0 saturated heterocycles. The molecule has 46 heavy (non-hydrogen) atoms. The predicted molar refractivity (Wildman–Crippen MR) is 186 cm³/mol. The van der Waals surface area contributed by atoms with Crippen molar-refractivity contribution in [2.75, 3.05) is 17.4 Å². The van der Waals surface area contributed by atoms with Gasteiger partial charge in [-0.15, -0.1) is 0 Å². The van der Waals surface area contributed by atoms with Gasteiger partial charge in [0.2, 0.25) is 11.8 Å². The van der Waals surface area contributed by atoms with Crippen LogP contribution in [0.25, 0.3) is 0 Å². The summed E-state index contributed by atoms with van der Waals surface area (Å²) in [6, 6.07) is 26.0. The number of benzene rings is 4. The van der Waals surface area contributed by atoms with Gasteiger partial charge in [0, 0.05) is 34.6 Å². The molecule has 0 aromatic heterocycles. The first kappa shape index (κ1) is 35.3. The van der Waals surface area contributed by atoms with Crippen molar-refractivity contribution >= 4 is 62.3 Å². The Bertz CT molecular complexity index is 1750. The summed E-state index contributed by atoms with van der Waals surface area (Å²) in [7, 11) is -4.30. The zero-order chi connectivity index (χ0) is 33.4. The molecule has 0 fully saturated rings. The minimum atomic E-state index is -4.30. The SMILES string of the molecule is Cc1ccc(S(=O)(=O)N(CC(=O)N(Cc2ccccc2Cl)C(Cc2ccccc2)C(=O)NCC(C)C)c2cc(Cl)cc(Cl)c2)cc1. The molecule has 4 aromatic carbocycles. The van der Waals surface area contributed by atoms with Crippen molar-refractivity contribution in [1.82, 2.24) is 10.2 Å². The number of aryl methyl sites for hydroxylation is 1. The summed E-state index contributed by atoms with van der Waals surface area (Å²) in [6.45, 7) is 5.51. The molecule has 0 spiro atoms. The Balaban J connectivity index is 1.83. The number of anilines is 1. The summed E-state index contributed by atoms with van der Waals surface area (Å²) in [4.78, 5) is 29.8. The molecular formula is C35H36Cl3N3O4S. The maximum absolute atomic E-state index is 14.5. The number of rotatable bonds is 13. The van der Waals surface area contributed by atoms with Gasteiger partial charge in [-0.2, -0.15) is 0 Å². The van der Waals surface area contributed by atoms with Gasteiger partial charge in [0.1, 0.15) is 12.6 Å². The number of sulfonamides is 1. The number of hydrogen-bond donors (Lipinski definition) is 1. The monoisotopic (exact) mass is 699 g/mol. The first-order valence-electron chi connectivity index (χ1n) is 14.7. The molecule has 11 heteroatoms. The molecule has 7 nitrogen and oxygen atoms in total. The summed E-state index contributed by atoms with van der Waals surface area (Å²) < 4.78 is 29.3. The van der Waals surface area contributed by atoms with Crippen LogP contribution in [0.15, 0.2) is 102 Å². The lowest BCUT2D eigenvalue weighted by atomic mass is 10.0. The van der Waals surface area contributed by atoms with Crippen LogP contribution in [0.1, 0.15) is 30.5 Å². The van der Waals surface area contributed by atoms with E-state index in [1.54, 1.807) is 36.4 Å². The van der Waals surface area contributed by atoms with E-state index in [9.17, 15) is 18.0 Å². The fourth-order valence-corrected chi connectivity index (χ4v) is 6.94. The third-order valence-corrected chi connectivity index (χ3v) is 9.87. The van der Waals surface area contributed by atoms with Gasteiger partial charge in [-0.3, -0.25) is 13.9 Å². The number of nitrogens with one attached hydrogen (secondary N) is 1. The average molecular weight is 701 g/mol. The van der Waals surface area contributed by atoms with Crippen LogP contribution >= 0.6 is 34.8 Å². The van der Waals surface area contributed by atoms with E-state index in [0.717, 1.165) is 15.4 Å². The minimum Gasteiger partial charge on any atom is -0.354 e. The molecule has 0 saturated carbocycles. The normalized spacial score (nSPS) is 12.1. The van der Waals surface area contributed by atoms with Crippen LogP contribution in [0.5, 0.6) is 0 Å². The molecule has 0 aliphatic carbocycles. The van der Waals surface area contributed by atoms with Gasteiger partial charge < -0.3 is 10.2 Å². The van der Waals surface area contributed by atoms with Gasteiger partial charge in [-0.1, -0.05) is 115 Å². The number of carbonyl (C=O) groups excluding carboxylic acids is 2. The number of halogens is 3. The van der Waals surface area contributed by atoms with Crippen LogP contribution in [0, 0.1) is 12.8 Å². The van der Waals surface area contributed by atoms with E-state index in [4.69, 9.17) is 34.8 Å². The lowest BCUT2D eigenvalue weighted by molar-refractivity contribution is -0.140. The van der Waals surface area contributed by atoms with E-state index >= 15 is 0 Å². The number of nitrogens with zero attached hydrogens (tertiary/aromatic N) is 2. The average Bonchev–Trinajstić information content (AvgIpc) is 3.01. The second-order valence-electron chi connectivity index (χ2n) is 11.4. The number of amides is 2. The lowest BCUT2D eigenvalue weighted by Gasteiger charge is -2.34. The summed E-state index contributed by atoms with van der Waals surface area (Å²) >= 11 is 19.2. The highest BCUT2D eigenvalue weighted by atomic mass is 35.5. The Morgan fingerprint density at radius 3 is 2.04 bits per heavy atom. The lowest BCUT2D eigenvalue weighted by Crippen LogP contribution is -2.53. The smallest absolute Gasteiger partial charge is 0.264 e. The maximum Gasteiger partial charge on any atom is 0.264 e. The minimum absolute atomic E-state index is 0.0184. The summed E-state index contributed by atoms with van der Waals surface area (Å²) in [5.41, 5.74) is 2.41. The van der Waals surface area contributed by atoms with E-state index in [-0.39, 0.29) is 45.4 Å². The second kappa shape index (κ2) is 15.8. The Labute approximate surface area is 286 Å². The number of hydrogen-bond acceptors (Lipinski definition) is 4. The van der Waals surface area contributed by atoms with Crippen molar-refractivity contribution in [1.29, 1.82) is 0 Å². The third-order valence-electron chi connectivity index (χ3n) is 7.28. The largest absolute Gasteiger partial charge is 0.354 e. The van der Waals surface area contributed by atoms with Gasteiger partial charge in [0.25, 0.3) is 10.0 Å². The topological polar surface area (TPSA) is 86.8 Å². The van der Waals surface area contributed by atoms with Gasteiger partial charge >= 0.3 is 0 Å². The molecule has 0 bridgehead atoms. The van der Waals surface area contributed by atoms with Gasteiger partial charge in [-0.05, 0) is 60.4 Å².